The van der Waals surface area contributed by atoms with E-state index in [2.05, 4.69) is 24.3 Å². The Labute approximate surface area is 84.3 Å². The Morgan fingerprint density at radius 1 is 0.714 bits per heavy atom. The molecule has 0 nitrogen and oxygen atoms in total. The first-order valence-electron chi connectivity index (χ1n) is 6.04. The van der Waals surface area contributed by atoms with Crippen LogP contribution in [-0.4, -0.2) is 0 Å². The fourth-order valence-electron chi connectivity index (χ4n) is 4.80. The van der Waals surface area contributed by atoms with Gasteiger partial charge in [0.05, 0.1) is 0 Å². The first kappa shape index (κ1) is 6.66. The third-order valence-corrected chi connectivity index (χ3v) is 5.34. The number of rotatable bonds is 0. The summed E-state index contributed by atoms with van der Waals surface area (Å²) in [5.74, 6) is 6.42. The Bertz CT molecular complexity index is 376. The lowest BCUT2D eigenvalue weighted by Crippen LogP contribution is -2.26. The molecule has 0 N–H and O–H groups in total. The summed E-state index contributed by atoms with van der Waals surface area (Å²) in [7, 11) is 0. The zero-order chi connectivity index (χ0) is 8.86. The Hall–Kier alpha value is -0.780. The lowest BCUT2D eigenvalue weighted by Gasteiger charge is -2.37. The van der Waals surface area contributed by atoms with Crippen LogP contribution >= 0.6 is 0 Å². The molecule has 0 spiro atoms. The van der Waals surface area contributed by atoms with Crippen LogP contribution in [0.5, 0.6) is 0 Å². The smallest absolute Gasteiger partial charge is 0.00965 e. The summed E-state index contributed by atoms with van der Waals surface area (Å²) in [5.41, 5.74) is 3.49. The maximum absolute atomic E-state index is 2.41. The monoisotopic (exact) mass is 182 g/mol. The minimum Gasteiger partial charge on any atom is -0.0620 e. The van der Waals surface area contributed by atoms with Crippen LogP contribution in [0.4, 0.5) is 0 Å². The van der Waals surface area contributed by atoms with Gasteiger partial charge < -0.3 is 0 Å². The second-order valence-corrected chi connectivity index (χ2v) is 5.81. The van der Waals surface area contributed by atoms with E-state index in [0.29, 0.717) is 0 Å². The third kappa shape index (κ3) is 0.549. The van der Waals surface area contributed by atoms with Crippen LogP contribution in [0.3, 0.4) is 0 Å². The molecule has 4 unspecified atom stereocenters. The highest BCUT2D eigenvalue weighted by Gasteiger charge is 2.68. The highest BCUT2D eigenvalue weighted by Crippen LogP contribution is 2.78. The predicted octanol–water partition coefficient (Wildman–Crippen LogP) is 3.15. The van der Waals surface area contributed by atoms with Gasteiger partial charge in [0.2, 0.25) is 0 Å². The highest BCUT2D eigenvalue weighted by atomic mass is 14.7. The van der Waals surface area contributed by atoms with E-state index in [-0.39, 0.29) is 0 Å². The molecule has 0 saturated heterocycles. The van der Waals surface area contributed by atoms with Crippen molar-refractivity contribution in [3.05, 3.63) is 35.4 Å². The summed E-state index contributed by atoms with van der Waals surface area (Å²) in [4.78, 5) is 0. The molecule has 0 aliphatic heterocycles. The molecule has 0 heteroatoms. The van der Waals surface area contributed by atoms with Crippen molar-refractivity contribution in [2.75, 3.05) is 0 Å². The molecule has 4 atom stereocenters. The largest absolute Gasteiger partial charge is 0.0620 e. The zero-order valence-corrected chi connectivity index (χ0v) is 8.19. The average Bonchev–Trinajstić information content (AvgIpc) is 3.08. The highest BCUT2D eigenvalue weighted by molar-refractivity contribution is 5.47. The van der Waals surface area contributed by atoms with Gasteiger partial charge in [0, 0.05) is 0 Å². The van der Waals surface area contributed by atoms with Crippen LogP contribution in [-0.2, 0) is 0 Å². The van der Waals surface area contributed by atoms with E-state index in [1.807, 2.05) is 0 Å². The van der Waals surface area contributed by atoms with Crippen molar-refractivity contribution in [3.8, 4) is 0 Å². The maximum atomic E-state index is 2.41. The summed E-state index contributed by atoms with van der Waals surface area (Å²) in [6, 6.07) is 9.31. The van der Waals surface area contributed by atoms with E-state index in [1.165, 1.54) is 0 Å². The third-order valence-electron chi connectivity index (χ3n) is 5.34. The van der Waals surface area contributed by atoms with Gasteiger partial charge in [-0.15, -0.1) is 0 Å². The van der Waals surface area contributed by atoms with E-state index >= 15 is 0 Å². The van der Waals surface area contributed by atoms with Crippen LogP contribution in [0, 0.1) is 23.7 Å². The van der Waals surface area contributed by atoms with Crippen LogP contribution in [0.25, 0.3) is 0 Å². The molecule has 0 radical (unpaired) electrons. The number of hydrogen-bond donors (Lipinski definition) is 0. The molecule has 6 rings (SSSR count). The molecule has 3 saturated carbocycles. The van der Waals surface area contributed by atoms with Gasteiger partial charge in [-0.1, -0.05) is 24.3 Å². The Kier molecular flexibility index (Phi) is 0.857. The maximum Gasteiger partial charge on any atom is -0.00965 e. The molecule has 2 bridgehead atoms. The molecule has 1 aromatic carbocycles. The number of benzene rings is 1. The Morgan fingerprint density at radius 3 is 1.57 bits per heavy atom. The second kappa shape index (κ2) is 1.80. The van der Waals surface area contributed by atoms with Crippen molar-refractivity contribution in [1.82, 2.24) is 0 Å². The van der Waals surface area contributed by atoms with Gasteiger partial charge in [-0.25, -0.2) is 0 Å². The van der Waals surface area contributed by atoms with Gasteiger partial charge in [-0.3, -0.25) is 0 Å². The van der Waals surface area contributed by atoms with E-state index in [4.69, 9.17) is 0 Å². The second-order valence-electron chi connectivity index (χ2n) is 5.81. The standard InChI is InChI=1S/C14H14/c1-2-4-8-7(3-1)13-9-5-11(9)14(8)12-6-10(12)13/h1-4,9-14H,5-6H2. The molecule has 0 amide bonds. The minimum absolute atomic E-state index is 0.992. The van der Waals surface area contributed by atoms with Crippen LogP contribution < -0.4 is 0 Å². The molecular formula is C14H14. The summed E-state index contributed by atoms with van der Waals surface area (Å²) in [6.45, 7) is 0. The summed E-state index contributed by atoms with van der Waals surface area (Å²) >= 11 is 0. The SMILES string of the molecule is c1ccc2c(c1)C1C3CC3C2C2CC21. The first-order chi connectivity index (χ1) is 6.95. The molecule has 0 heterocycles. The van der Waals surface area contributed by atoms with Crippen molar-refractivity contribution < 1.29 is 0 Å². The molecule has 5 aliphatic rings. The minimum atomic E-state index is 0.992. The fourth-order valence-corrected chi connectivity index (χ4v) is 4.80. The van der Waals surface area contributed by atoms with Gasteiger partial charge in [0.15, 0.2) is 0 Å². The topological polar surface area (TPSA) is 0 Å². The molecule has 14 heavy (non-hydrogen) atoms. The molecule has 1 aromatic rings. The summed E-state index contributed by atoms with van der Waals surface area (Å²) < 4.78 is 0. The quantitative estimate of drug-likeness (QED) is 0.578. The zero-order valence-electron chi connectivity index (χ0n) is 8.19. The summed E-state index contributed by atoms with van der Waals surface area (Å²) in [5, 5.41) is 0. The van der Waals surface area contributed by atoms with Crippen molar-refractivity contribution in [2.24, 2.45) is 23.7 Å². The molecular weight excluding hydrogens is 168 g/mol. The van der Waals surface area contributed by atoms with E-state index in [1.54, 1.807) is 24.0 Å². The van der Waals surface area contributed by atoms with Crippen molar-refractivity contribution in [1.29, 1.82) is 0 Å². The predicted molar refractivity (Wildman–Crippen MR) is 55.1 cm³/mol. The molecule has 3 fully saturated rings. The van der Waals surface area contributed by atoms with Crippen LogP contribution in [0.1, 0.15) is 35.8 Å². The van der Waals surface area contributed by atoms with E-state index in [0.717, 1.165) is 35.5 Å². The van der Waals surface area contributed by atoms with Crippen LogP contribution in [0.2, 0.25) is 0 Å². The lowest BCUT2D eigenvalue weighted by molar-refractivity contribution is 0.320. The van der Waals surface area contributed by atoms with Crippen molar-refractivity contribution in [3.63, 3.8) is 0 Å². The van der Waals surface area contributed by atoms with Gasteiger partial charge in [-0.2, -0.15) is 0 Å². The van der Waals surface area contributed by atoms with Crippen molar-refractivity contribution >= 4 is 0 Å². The fraction of sp³-hybridized carbons (Fsp3) is 0.571. The van der Waals surface area contributed by atoms with Crippen LogP contribution in [0.15, 0.2) is 24.3 Å². The van der Waals surface area contributed by atoms with Gasteiger partial charge in [0.1, 0.15) is 0 Å². The lowest BCUT2D eigenvalue weighted by atomic mass is 9.67. The van der Waals surface area contributed by atoms with Crippen molar-refractivity contribution in [2.45, 2.75) is 24.7 Å². The first-order valence-corrected chi connectivity index (χ1v) is 6.04. The molecule has 5 aliphatic carbocycles. The number of hydrogen-bond acceptors (Lipinski definition) is 0. The normalized spacial score (nSPS) is 54.6. The molecule has 70 valence electrons. The van der Waals surface area contributed by atoms with E-state index in [9.17, 15) is 0 Å². The Balaban J connectivity index is 1.85. The average molecular weight is 182 g/mol. The molecule has 0 aromatic heterocycles. The van der Waals surface area contributed by atoms with E-state index < -0.39 is 0 Å². The Morgan fingerprint density at radius 2 is 1.14 bits per heavy atom. The van der Waals surface area contributed by atoms with Gasteiger partial charge in [0.25, 0.3) is 0 Å². The van der Waals surface area contributed by atoms with Gasteiger partial charge in [-0.05, 0) is 59.5 Å². The van der Waals surface area contributed by atoms with Gasteiger partial charge >= 0.3 is 0 Å². The summed E-state index contributed by atoms with van der Waals surface area (Å²) in [6.07, 6.45) is 3.11.